The van der Waals surface area contributed by atoms with E-state index in [1.165, 1.54) is 25.3 Å². The van der Waals surface area contributed by atoms with E-state index in [1.54, 1.807) is 43.0 Å². The monoisotopic (exact) mass is 436 g/mol. The number of carbonyl (C=O) groups is 2. The van der Waals surface area contributed by atoms with Crippen molar-refractivity contribution in [3.8, 4) is 5.75 Å². The van der Waals surface area contributed by atoms with Crippen molar-refractivity contribution in [3.05, 3.63) is 65.2 Å². The quantitative estimate of drug-likeness (QED) is 0.598. The highest BCUT2D eigenvalue weighted by molar-refractivity contribution is 7.98. The minimum atomic E-state index is -0.789. The molecule has 0 aromatic heterocycles. The molecular formula is C22H26F2N2O3S. The molecule has 2 atom stereocenters. The highest BCUT2D eigenvalue weighted by Gasteiger charge is 2.24. The highest BCUT2D eigenvalue weighted by Crippen LogP contribution is 2.18. The first-order valence-electron chi connectivity index (χ1n) is 9.53. The van der Waals surface area contributed by atoms with E-state index in [-0.39, 0.29) is 12.0 Å². The molecule has 0 saturated carbocycles. The predicted molar refractivity (Wildman–Crippen MR) is 115 cm³/mol. The third-order valence-corrected chi connectivity index (χ3v) is 5.19. The molecule has 0 aliphatic carbocycles. The van der Waals surface area contributed by atoms with E-state index in [9.17, 15) is 18.4 Å². The number of hydrogen-bond donors (Lipinski definition) is 2. The Hall–Kier alpha value is -2.61. The number of hydrogen-bond acceptors (Lipinski definition) is 4. The smallest absolute Gasteiger partial charge is 0.255 e. The Bertz CT molecular complexity index is 859. The van der Waals surface area contributed by atoms with Crippen LogP contribution in [0.3, 0.4) is 0 Å². The van der Waals surface area contributed by atoms with E-state index in [1.807, 2.05) is 6.26 Å². The van der Waals surface area contributed by atoms with Crippen molar-refractivity contribution in [1.29, 1.82) is 0 Å². The second-order valence-electron chi connectivity index (χ2n) is 6.82. The summed E-state index contributed by atoms with van der Waals surface area (Å²) in [7, 11) is 1.47. The van der Waals surface area contributed by atoms with Crippen molar-refractivity contribution in [1.82, 2.24) is 10.6 Å². The van der Waals surface area contributed by atoms with Gasteiger partial charge in [0, 0.05) is 11.6 Å². The van der Waals surface area contributed by atoms with Crippen LogP contribution in [0, 0.1) is 11.6 Å². The molecule has 5 nitrogen and oxygen atoms in total. The maximum atomic E-state index is 13.9. The normalized spacial score (nSPS) is 12.7. The van der Waals surface area contributed by atoms with Gasteiger partial charge in [-0.1, -0.05) is 18.2 Å². The van der Waals surface area contributed by atoms with Gasteiger partial charge >= 0.3 is 0 Å². The number of amides is 2. The number of rotatable bonds is 10. The first kappa shape index (κ1) is 23.7. The van der Waals surface area contributed by atoms with Crippen LogP contribution in [0.4, 0.5) is 8.78 Å². The third-order valence-electron chi connectivity index (χ3n) is 4.54. The van der Waals surface area contributed by atoms with Crippen molar-refractivity contribution in [3.63, 3.8) is 0 Å². The van der Waals surface area contributed by atoms with E-state index in [2.05, 4.69) is 10.6 Å². The molecule has 0 fully saturated rings. The number of thioether (sulfide) groups is 1. The Morgan fingerprint density at radius 1 is 1.07 bits per heavy atom. The Labute approximate surface area is 179 Å². The number of ether oxygens (including phenoxy) is 1. The standard InChI is InChI=1S/C22H26F2N2O3S/c1-14(13-16-17(23)8-6-9-18(16)24)25-22(28)19(11-12-30-3)26-21(27)15-7-4-5-10-20(15)29-2/h4-10,14,19H,11-13H2,1-3H3,(H,25,28)(H,26,27). The van der Waals surface area contributed by atoms with E-state index in [0.717, 1.165) is 0 Å². The van der Waals surface area contributed by atoms with E-state index in [0.29, 0.717) is 23.5 Å². The number of benzene rings is 2. The molecule has 30 heavy (non-hydrogen) atoms. The van der Waals surface area contributed by atoms with Crippen LogP contribution >= 0.6 is 11.8 Å². The topological polar surface area (TPSA) is 67.4 Å². The zero-order valence-corrected chi connectivity index (χ0v) is 18.0. The van der Waals surface area contributed by atoms with Gasteiger partial charge in [-0.15, -0.1) is 0 Å². The lowest BCUT2D eigenvalue weighted by Gasteiger charge is -2.22. The maximum absolute atomic E-state index is 13.9. The Kier molecular flexibility index (Phi) is 9.11. The lowest BCUT2D eigenvalue weighted by Crippen LogP contribution is -2.49. The summed E-state index contributed by atoms with van der Waals surface area (Å²) in [4.78, 5) is 25.5. The molecule has 0 radical (unpaired) electrons. The lowest BCUT2D eigenvalue weighted by molar-refractivity contribution is -0.123. The van der Waals surface area contributed by atoms with Gasteiger partial charge in [0.25, 0.3) is 5.91 Å². The third kappa shape index (κ3) is 6.45. The molecule has 2 aromatic carbocycles. The van der Waals surface area contributed by atoms with Gasteiger partial charge in [-0.2, -0.15) is 11.8 Å². The molecule has 0 saturated heterocycles. The van der Waals surface area contributed by atoms with E-state index >= 15 is 0 Å². The second kappa shape index (κ2) is 11.5. The second-order valence-corrected chi connectivity index (χ2v) is 7.81. The van der Waals surface area contributed by atoms with Crippen LogP contribution in [-0.4, -0.2) is 43.0 Å². The van der Waals surface area contributed by atoms with Crippen LogP contribution < -0.4 is 15.4 Å². The molecule has 2 aromatic rings. The summed E-state index contributed by atoms with van der Waals surface area (Å²) >= 11 is 1.55. The lowest BCUT2D eigenvalue weighted by atomic mass is 10.0. The fraction of sp³-hybridized carbons (Fsp3) is 0.364. The van der Waals surface area contributed by atoms with Crippen LogP contribution in [0.25, 0.3) is 0 Å². The van der Waals surface area contributed by atoms with Crippen LogP contribution in [-0.2, 0) is 11.2 Å². The Morgan fingerprint density at radius 3 is 2.37 bits per heavy atom. The molecule has 2 N–H and O–H groups in total. The first-order chi connectivity index (χ1) is 14.4. The van der Waals surface area contributed by atoms with E-state index in [4.69, 9.17) is 4.74 Å². The Balaban J connectivity index is 2.08. The van der Waals surface area contributed by atoms with Gasteiger partial charge in [-0.3, -0.25) is 9.59 Å². The summed E-state index contributed by atoms with van der Waals surface area (Å²) in [5, 5.41) is 5.49. The van der Waals surface area contributed by atoms with Gasteiger partial charge in [0.15, 0.2) is 0 Å². The largest absolute Gasteiger partial charge is 0.496 e. The molecule has 162 valence electrons. The van der Waals surface area contributed by atoms with Crippen LogP contribution in [0.15, 0.2) is 42.5 Å². The molecule has 0 bridgehead atoms. The van der Waals surface area contributed by atoms with Crippen molar-refractivity contribution < 1.29 is 23.1 Å². The highest BCUT2D eigenvalue weighted by atomic mass is 32.2. The van der Waals surface area contributed by atoms with Gasteiger partial charge in [0.2, 0.25) is 5.91 Å². The fourth-order valence-electron chi connectivity index (χ4n) is 3.00. The summed E-state index contributed by atoms with van der Waals surface area (Å²) < 4.78 is 33.0. The zero-order chi connectivity index (χ0) is 22.1. The molecule has 8 heteroatoms. The number of para-hydroxylation sites is 1. The maximum Gasteiger partial charge on any atom is 0.255 e. The minimum Gasteiger partial charge on any atom is -0.496 e. The van der Waals surface area contributed by atoms with Crippen LogP contribution in [0.5, 0.6) is 5.75 Å². The van der Waals surface area contributed by atoms with Crippen LogP contribution in [0.2, 0.25) is 0 Å². The van der Waals surface area contributed by atoms with Crippen molar-refractivity contribution in [2.45, 2.75) is 31.8 Å². The van der Waals surface area contributed by atoms with E-state index < -0.39 is 35.5 Å². The van der Waals surface area contributed by atoms with Gasteiger partial charge in [0.1, 0.15) is 23.4 Å². The summed E-state index contributed by atoms with van der Waals surface area (Å²) in [6, 6.07) is 9.08. The van der Waals surface area contributed by atoms with Crippen LogP contribution in [0.1, 0.15) is 29.3 Å². The molecule has 2 rings (SSSR count). The molecule has 0 spiro atoms. The molecule has 0 heterocycles. The molecule has 0 aliphatic heterocycles. The predicted octanol–water partition coefficient (Wildman–Crippen LogP) is 3.57. The Morgan fingerprint density at radius 2 is 1.73 bits per heavy atom. The first-order valence-corrected chi connectivity index (χ1v) is 10.9. The summed E-state index contributed by atoms with van der Waals surface area (Å²) in [6.45, 7) is 1.66. The van der Waals surface area contributed by atoms with Crippen molar-refractivity contribution in [2.75, 3.05) is 19.1 Å². The zero-order valence-electron chi connectivity index (χ0n) is 17.2. The van der Waals surface area contributed by atoms with Crippen molar-refractivity contribution in [2.24, 2.45) is 0 Å². The summed E-state index contributed by atoms with van der Waals surface area (Å²) in [5.41, 5.74) is 0.243. The molecule has 2 unspecified atom stereocenters. The average Bonchev–Trinajstić information content (AvgIpc) is 2.73. The number of carbonyl (C=O) groups excluding carboxylic acids is 2. The minimum absolute atomic E-state index is 0.0000506. The van der Waals surface area contributed by atoms with Gasteiger partial charge < -0.3 is 15.4 Å². The average molecular weight is 437 g/mol. The number of halogens is 2. The molecule has 0 aliphatic rings. The fourth-order valence-corrected chi connectivity index (χ4v) is 3.47. The summed E-state index contributed by atoms with van der Waals surface area (Å²) in [6.07, 6.45) is 2.31. The molecular weight excluding hydrogens is 410 g/mol. The SMILES string of the molecule is COc1ccccc1C(=O)NC(CCSC)C(=O)NC(C)Cc1c(F)cccc1F. The van der Waals surface area contributed by atoms with Gasteiger partial charge in [0.05, 0.1) is 12.7 Å². The molecule has 2 amide bonds. The van der Waals surface area contributed by atoms with Gasteiger partial charge in [-0.05, 0) is 56.0 Å². The summed E-state index contributed by atoms with van der Waals surface area (Å²) in [5.74, 6) is -1.08. The van der Waals surface area contributed by atoms with Gasteiger partial charge in [-0.25, -0.2) is 8.78 Å². The number of methoxy groups -OCH3 is 1. The number of nitrogens with one attached hydrogen (secondary N) is 2. The van der Waals surface area contributed by atoms with Crippen molar-refractivity contribution >= 4 is 23.6 Å².